The summed E-state index contributed by atoms with van der Waals surface area (Å²) in [7, 11) is 0. The molecule has 0 aromatic carbocycles. The Morgan fingerprint density at radius 3 is 2.71 bits per heavy atom. The molecule has 80 valence electrons. The molecule has 0 amide bonds. The first-order chi connectivity index (χ1) is 6.22. The predicted molar refractivity (Wildman–Crippen MR) is 56.1 cm³/mol. The van der Waals surface area contributed by atoms with E-state index in [0.29, 0.717) is 0 Å². The van der Waals surface area contributed by atoms with Gasteiger partial charge in [-0.1, -0.05) is 25.6 Å². The number of hydrogen-bond donors (Lipinski definition) is 1. The van der Waals surface area contributed by atoms with Gasteiger partial charge in [0.2, 0.25) is 0 Å². The summed E-state index contributed by atoms with van der Waals surface area (Å²) in [5, 5.41) is 0. The Bertz CT molecular complexity index is 300. The van der Waals surface area contributed by atoms with E-state index in [4.69, 9.17) is 5.73 Å². The van der Waals surface area contributed by atoms with E-state index in [0.717, 1.165) is 23.4 Å². The maximum atomic E-state index is 5.48. The molecule has 3 heteroatoms. The van der Waals surface area contributed by atoms with Crippen molar-refractivity contribution in [3.8, 4) is 0 Å². The molecular formula is C11H15N2Pd-. The van der Waals surface area contributed by atoms with Crippen molar-refractivity contribution in [1.29, 1.82) is 0 Å². The second-order valence-electron chi connectivity index (χ2n) is 3.03. The van der Waals surface area contributed by atoms with Crippen LogP contribution in [0.5, 0.6) is 0 Å². The summed E-state index contributed by atoms with van der Waals surface area (Å²) in [6, 6.07) is 0. The van der Waals surface area contributed by atoms with Crippen molar-refractivity contribution in [2.24, 2.45) is 16.6 Å². The average Bonchev–Trinajstić information content (AvgIpc) is 2.59. The second kappa shape index (κ2) is 5.95. The van der Waals surface area contributed by atoms with Crippen LogP contribution in [0.2, 0.25) is 0 Å². The molecule has 1 heterocycles. The summed E-state index contributed by atoms with van der Waals surface area (Å²) < 4.78 is 0. The van der Waals surface area contributed by atoms with Gasteiger partial charge in [-0.25, -0.2) is 0 Å². The van der Waals surface area contributed by atoms with E-state index in [2.05, 4.69) is 31.5 Å². The van der Waals surface area contributed by atoms with Crippen LogP contribution >= 0.6 is 0 Å². The van der Waals surface area contributed by atoms with E-state index >= 15 is 0 Å². The number of hydrogen-bond acceptors (Lipinski definition) is 2. The fraction of sp³-hybridized carbons (Fsp3) is 0.364. The second-order valence-corrected chi connectivity index (χ2v) is 3.03. The molecule has 0 saturated carbocycles. The van der Waals surface area contributed by atoms with Crippen LogP contribution in [0.25, 0.3) is 0 Å². The quantitative estimate of drug-likeness (QED) is 0.481. The van der Waals surface area contributed by atoms with Gasteiger partial charge in [0.25, 0.3) is 0 Å². The zero-order valence-corrected chi connectivity index (χ0v) is 10.0. The van der Waals surface area contributed by atoms with Crippen molar-refractivity contribution in [3.63, 3.8) is 0 Å². The maximum absolute atomic E-state index is 5.48. The Morgan fingerprint density at radius 1 is 1.64 bits per heavy atom. The van der Waals surface area contributed by atoms with Gasteiger partial charge in [-0.2, -0.15) is 11.6 Å². The van der Waals surface area contributed by atoms with Crippen molar-refractivity contribution in [1.82, 2.24) is 0 Å². The smallest absolute Gasteiger partial charge is 0 e. The Labute approximate surface area is 99.3 Å². The number of nitrogens with zero attached hydrogens (tertiary/aromatic N) is 1. The topological polar surface area (TPSA) is 38.4 Å². The third-order valence-corrected chi connectivity index (χ3v) is 2.10. The van der Waals surface area contributed by atoms with E-state index in [-0.39, 0.29) is 26.3 Å². The van der Waals surface area contributed by atoms with Crippen molar-refractivity contribution < 1.29 is 20.4 Å². The molecule has 0 bridgehead atoms. The fourth-order valence-electron chi connectivity index (χ4n) is 1.21. The van der Waals surface area contributed by atoms with Crippen molar-refractivity contribution in [2.75, 3.05) is 0 Å². The molecule has 0 aliphatic carbocycles. The average molecular weight is 282 g/mol. The van der Waals surface area contributed by atoms with Crippen LogP contribution in [0.15, 0.2) is 35.1 Å². The van der Waals surface area contributed by atoms with Crippen LogP contribution in [-0.4, -0.2) is 5.71 Å². The minimum absolute atomic E-state index is 0. The molecule has 0 radical (unpaired) electrons. The van der Waals surface area contributed by atoms with Gasteiger partial charge in [-0.15, -0.1) is 12.8 Å². The molecule has 1 unspecified atom stereocenters. The third kappa shape index (κ3) is 2.67. The Kier molecular flexibility index (Phi) is 5.68. The van der Waals surface area contributed by atoms with Gasteiger partial charge in [-0.3, -0.25) is 0 Å². The molecule has 1 atom stereocenters. The van der Waals surface area contributed by atoms with Crippen molar-refractivity contribution in [3.05, 3.63) is 36.2 Å². The summed E-state index contributed by atoms with van der Waals surface area (Å²) in [5.74, 6) is 0.242. The molecule has 0 spiro atoms. The first-order valence-corrected chi connectivity index (χ1v) is 4.49. The van der Waals surface area contributed by atoms with Gasteiger partial charge in [0, 0.05) is 20.4 Å². The van der Waals surface area contributed by atoms with Crippen LogP contribution in [0.1, 0.15) is 20.3 Å². The van der Waals surface area contributed by atoms with Crippen LogP contribution in [-0.2, 0) is 20.4 Å². The first-order valence-electron chi connectivity index (χ1n) is 4.49. The summed E-state index contributed by atoms with van der Waals surface area (Å²) in [6.45, 7) is 7.85. The van der Waals surface area contributed by atoms with Crippen LogP contribution in [0.4, 0.5) is 0 Å². The largest absolute Gasteiger partial charge is 0.455 e. The predicted octanol–water partition coefficient (Wildman–Crippen LogP) is 2.20. The Hall–Kier alpha value is -0.648. The van der Waals surface area contributed by atoms with Crippen LogP contribution in [0.3, 0.4) is 0 Å². The van der Waals surface area contributed by atoms with Gasteiger partial charge in [-0.05, 0) is 18.0 Å². The molecule has 2 nitrogen and oxygen atoms in total. The van der Waals surface area contributed by atoms with Crippen molar-refractivity contribution >= 4 is 5.71 Å². The van der Waals surface area contributed by atoms with Gasteiger partial charge in [0.1, 0.15) is 0 Å². The SMILES string of the molecule is C=CC(C)C1=NC(CC)=[C-]C1=CN.[Pd]. The minimum Gasteiger partial charge on any atom is -0.455 e. The summed E-state index contributed by atoms with van der Waals surface area (Å²) in [4.78, 5) is 4.43. The van der Waals surface area contributed by atoms with Gasteiger partial charge >= 0.3 is 0 Å². The molecule has 14 heavy (non-hydrogen) atoms. The molecule has 2 N–H and O–H groups in total. The minimum atomic E-state index is 0. The molecule has 0 aromatic rings. The monoisotopic (exact) mass is 281 g/mol. The zero-order chi connectivity index (χ0) is 9.84. The third-order valence-electron chi connectivity index (χ3n) is 2.10. The molecule has 0 saturated heterocycles. The van der Waals surface area contributed by atoms with Crippen LogP contribution < -0.4 is 5.73 Å². The van der Waals surface area contributed by atoms with Gasteiger partial charge in [0.15, 0.2) is 0 Å². The number of aliphatic imine (C=N–C) groups is 1. The maximum Gasteiger partial charge on any atom is 0 e. The molecule has 0 fully saturated rings. The first kappa shape index (κ1) is 13.4. The fourth-order valence-corrected chi connectivity index (χ4v) is 1.21. The Balaban J connectivity index is 0.00000169. The summed E-state index contributed by atoms with van der Waals surface area (Å²) >= 11 is 0. The van der Waals surface area contributed by atoms with Crippen LogP contribution in [0, 0.1) is 12.0 Å². The molecule has 1 rings (SSSR count). The summed E-state index contributed by atoms with van der Waals surface area (Å²) in [6.07, 6.45) is 7.47. The van der Waals surface area contributed by atoms with Crippen molar-refractivity contribution in [2.45, 2.75) is 20.3 Å². The molecule has 1 aliphatic heterocycles. The van der Waals surface area contributed by atoms with E-state index in [1.807, 2.05) is 6.08 Å². The van der Waals surface area contributed by atoms with Gasteiger partial charge in [0.05, 0.1) is 0 Å². The zero-order valence-electron chi connectivity index (χ0n) is 8.49. The standard InChI is InChI=1S/C11H15N2.Pd/c1-4-8(3)11-9(7-12)6-10(5-2)13-11;/h4,7-8H,1,5,12H2,2-3H3;/q-1;. The number of nitrogens with two attached hydrogens (primary N) is 1. The molecular weight excluding hydrogens is 267 g/mol. The van der Waals surface area contributed by atoms with E-state index in [1.54, 1.807) is 6.20 Å². The van der Waals surface area contributed by atoms with E-state index in [9.17, 15) is 0 Å². The Morgan fingerprint density at radius 2 is 2.29 bits per heavy atom. The van der Waals surface area contributed by atoms with E-state index < -0.39 is 0 Å². The van der Waals surface area contributed by atoms with Gasteiger partial charge < -0.3 is 10.7 Å². The summed E-state index contributed by atoms with van der Waals surface area (Å²) in [5.41, 5.74) is 8.34. The number of rotatable bonds is 3. The molecule has 1 aliphatic rings. The normalized spacial score (nSPS) is 19.7. The number of allylic oxidation sites excluding steroid dienone is 4. The molecule has 0 aromatic heterocycles. The van der Waals surface area contributed by atoms with E-state index in [1.165, 1.54) is 0 Å².